The number of aromatic nitrogens is 2. The van der Waals surface area contributed by atoms with Crippen molar-refractivity contribution in [1.82, 2.24) is 9.78 Å². The average molecular weight is 271 g/mol. The predicted octanol–water partition coefficient (Wildman–Crippen LogP) is 1.22. The Morgan fingerprint density at radius 1 is 1.39 bits per heavy atom. The molecule has 0 aliphatic heterocycles. The van der Waals surface area contributed by atoms with Gasteiger partial charge in [0, 0.05) is 6.07 Å². The minimum absolute atomic E-state index is 0.0601. The summed E-state index contributed by atoms with van der Waals surface area (Å²) < 4.78 is 13.9. The minimum Gasteiger partial charge on any atom is -0.506 e. The quantitative estimate of drug-likeness (QED) is 0.860. The molecule has 2 N–H and O–H groups in total. The molecule has 2 aromatic rings. The molecular formula is C11H8ClFN2O3. The summed E-state index contributed by atoms with van der Waals surface area (Å²) in [5.74, 6) is -1.01. The van der Waals surface area contributed by atoms with Gasteiger partial charge in [0.2, 0.25) is 0 Å². The molecule has 0 aliphatic carbocycles. The van der Waals surface area contributed by atoms with Crippen LogP contribution in [-0.4, -0.2) is 20.0 Å². The Balaban J connectivity index is 2.63. The van der Waals surface area contributed by atoms with E-state index in [1.54, 1.807) is 0 Å². The van der Waals surface area contributed by atoms with Crippen molar-refractivity contribution in [3.8, 4) is 11.4 Å². The first-order valence-corrected chi connectivity index (χ1v) is 5.29. The van der Waals surface area contributed by atoms with Crippen LogP contribution in [0.2, 0.25) is 5.02 Å². The van der Waals surface area contributed by atoms with Crippen LogP contribution in [0.1, 0.15) is 5.69 Å². The van der Waals surface area contributed by atoms with Gasteiger partial charge in [0.25, 0.3) is 5.56 Å². The van der Waals surface area contributed by atoms with E-state index in [1.807, 2.05) is 0 Å². The number of hydrogen-bond donors (Lipinski definition) is 2. The standard InChI is InChI=1S/C11H8ClFN2O3/c12-7-3-6(1-2-8(7)13)15-11(18)4-10(17)9(5-16)14-15/h1-4,16-17H,5H2. The number of rotatable bonds is 2. The van der Waals surface area contributed by atoms with Gasteiger partial charge in [-0.2, -0.15) is 9.78 Å². The summed E-state index contributed by atoms with van der Waals surface area (Å²) in [5, 5.41) is 21.9. The lowest BCUT2D eigenvalue weighted by molar-refractivity contribution is 0.266. The Morgan fingerprint density at radius 2 is 2.11 bits per heavy atom. The second kappa shape index (κ2) is 4.75. The van der Waals surface area contributed by atoms with E-state index in [2.05, 4.69) is 5.10 Å². The first-order valence-electron chi connectivity index (χ1n) is 4.91. The Bertz CT molecular complexity index is 657. The summed E-state index contributed by atoms with van der Waals surface area (Å²) in [6.45, 7) is -0.527. The van der Waals surface area contributed by atoms with E-state index in [4.69, 9.17) is 16.7 Å². The highest BCUT2D eigenvalue weighted by molar-refractivity contribution is 6.30. The van der Waals surface area contributed by atoms with E-state index in [9.17, 15) is 14.3 Å². The van der Waals surface area contributed by atoms with Crippen LogP contribution in [0.25, 0.3) is 5.69 Å². The van der Waals surface area contributed by atoms with Gasteiger partial charge in [-0.15, -0.1) is 0 Å². The van der Waals surface area contributed by atoms with Crippen LogP contribution in [0, 0.1) is 5.82 Å². The molecule has 0 fully saturated rings. The summed E-state index contributed by atoms with van der Waals surface area (Å²) >= 11 is 5.60. The van der Waals surface area contributed by atoms with E-state index in [1.165, 1.54) is 12.1 Å². The molecule has 5 nitrogen and oxygen atoms in total. The molecule has 0 unspecified atom stereocenters. The zero-order valence-corrected chi connectivity index (χ0v) is 9.73. The number of hydrogen-bond acceptors (Lipinski definition) is 4. The molecule has 0 radical (unpaired) electrons. The summed E-state index contributed by atoms with van der Waals surface area (Å²) in [6, 6.07) is 4.55. The Morgan fingerprint density at radius 3 is 2.72 bits per heavy atom. The van der Waals surface area contributed by atoms with Gasteiger partial charge in [0.15, 0.2) is 0 Å². The largest absolute Gasteiger partial charge is 0.506 e. The third kappa shape index (κ3) is 2.20. The molecule has 0 saturated carbocycles. The van der Waals surface area contributed by atoms with Gasteiger partial charge in [0.05, 0.1) is 17.3 Å². The molecule has 0 amide bonds. The van der Waals surface area contributed by atoms with Crippen LogP contribution in [0.15, 0.2) is 29.1 Å². The maximum atomic E-state index is 13.0. The molecule has 18 heavy (non-hydrogen) atoms. The topological polar surface area (TPSA) is 75.3 Å². The fourth-order valence-electron chi connectivity index (χ4n) is 1.40. The zero-order valence-electron chi connectivity index (χ0n) is 8.97. The van der Waals surface area contributed by atoms with E-state index in [0.29, 0.717) is 0 Å². The second-order valence-electron chi connectivity index (χ2n) is 3.48. The van der Waals surface area contributed by atoms with Crippen LogP contribution >= 0.6 is 11.6 Å². The molecular weight excluding hydrogens is 263 g/mol. The van der Waals surface area contributed by atoms with Gasteiger partial charge in [-0.1, -0.05) is 11.6 Å². The minimum atomic E-state index is -0.618. The van der Waals surface area contributed by atoms with Crippen molar-refractivity contribution in [3.05, 3.63) is 51.2 Å². The molecule has 0 aliphatic rings. The summed E-state index contributed by atoms with van der Waals surface area (Å²) in [7, 11) is 0. The molecule has 7 heteroatoms. The predicted molar refractivity (Wildman–Crippen MR) is 62.4 cm³/mol. The Hall–Kier alpha value is -1.92. The third-order valence-electron chi connectivity index (χ3n) is 2.28. The molecule has 1 heterocycles. The number of nitrogens with zero attached hydrogens (tertiary/aromatic N) is 2. The smallest absolute Gasteiger partial charge is 0.275 e. The lowest BCUT2D eigenvalue weighted by Crippen LogP contribution is -2.21. The van der Waals surface area contributed by atoms with Crippen molar-refractivity contribution in [2.24, 2.45) is 0 Å². The zero-order chi connectivity index (χ0) is 13.3. The fraction of sp³-hybridized carbons (Fsp3) is 0.0909. The normalized spacial score (nSPS) is 10.6. The Kier molecular flexibility index (Phi) is 3.31. The van der Waals surface area contributed by atoms with Crippen LogP contribution in [-0.2, 0) is 6.61 Å². The summed E-state index contributed by atoms with van der Waals surface area (Å²) in [6.07, 6.45) is 0. The van der Waals surface area contributed by atoms with Crippen molar-refractivity contribution in [2.75, 3.05) is 0 Å². The number of aromatic hydroxyl groups is 1. The molecule has 0 bridgehead atoms. The van der Waals surface area contributed by atoms with E-state index in [0.717, 1.165) is 16.8 Å². The molecule has 1 aromatic carbocycles. The van der Waals surface area contributed by atoms with Gasteiger partial charge in [0.1, 0.15) is 17.3 Å². The van der Waals surface area contributed by atoms with Gasteiger partial charge >= 0.3 is 0 Å². The van der Waals surface area contributed by atoms with Crippen molar-refractivity contribution in [3.63, 3.8) is 0 Å². The van der Waals surface area contributed by atoms with E-state index in [-0.39, 0.29) is 16.4 Å². The van der Waals surface area contributed by atoms with Crippen molar-refractivity contribution >= 4 is 11.6 Å². The lowest BCUT2D eigenvalue weighted by Gasteiger charge is -2.07. The highest BCUT2D eigenvalue weighted by Gasteiger charge is 2.10. The molecule has 1 aromatic heterocycles. The molecule has 0 atom stereocenters. The SMILES string of the molecule is O=c1cc(O)c(CO)nn1-c1ccc(F)c(Cl)c1. The van der Waals surface area contributed by atoms with Gasteiger partial charge in [-0.05, 0) is 18.2 Å². The Labute approximate surface area is 106 Å². The van der Waals surface area contributed by atoms with Gasteiger partial charge < -0.3 is 10.2 Å². The van der Waals surface area contributed by atoms with E-state index < -0.39 is 23.7 Å². The summed E-state index contributed by atoms with van der Waals surface area (Å²) in [4.78, 5) is 11.6. The average Bonchev–Trinajstić information content (AvgIpc) is 2.33. The number of halogens is 2. The monoisotopic (exact) mass is 270 g/mol. The number of aliphatic hydroxyl groups is 1. The lowest BCUT2D eigenvalue weighted by atomic mass is 10.3. The van der Waals surface area contributed by atoms with Crippen LogP contribution < -0.4 is 5.56 Å². The third-order valence-corrected chi connectivity index (χ3v) is 2.57. The second-order valence-corrected chi connectivity index (χ2v) is 3.89. The van der Waals surface area contributed by atoms with Crippen molar-refractivity contribution in [1.29, 1.82) is 0 Å². The van der Waals surface area contributed by atoms with Crippen molar-refractivity contribution in [2.45, 2.75) is 6.61 Å². The first kappa shape index (κ1) is 12.5. The first-order chi connectivity index (χ1) is 8.52. The summed E-state index contributed by atoms with van der Waals surface area (Å²) in [5.41, 5.74) is -0.441. The van der Waals surface area contributed by atoms with Crippen LogP contribution in [0.4, 0.5) is 4.39 Å². The highest BCUT2D eigenvalue weighted by atomic mass is 35.5. The van der Waals surface area contributed by atoms with E-state index >= 15 is 0 Å². The van der Waals surface area contributed by atoms with Gasteiger partial charge in [-0.25, -0.2) is 4.39 Å². The molecule has 0 saturated heterocycles. The molecule has 0 spiro atoms. The highest BCUT2D eigenvalue weighted by Crippen LogP contribution is 2.18. The van der Waals surface area contributed by atoms with Crippen LogP contribution in [0.5, 0.6) is 5.75 Å². The maximum absolute atomic E-state index is 13.0. The number of benzene rings is 1. The van der Waals surface area contributed by atoms with Gasteiger partial charge in [-0.3, -0.25) is 4.79 Å². The number of aliphatic hydroxyl groups excluding tert-OH is 1. The van der Waals surface area contributed by atoms with Crippen molar-refractivity contribution < 1.29 is 14.6 Å². The maximum Gasteiger partial charge on any atom is 0.275 e. The molecule has 2 rings (SSSR count). The fourth-order valence-corrected chi connectivity index (χ4v) is 1.57. The van der Waals surface area contributed by atoms with Crippen LogP contribution in [0.3, 0.4) is 0 Å². The molecule has 94 valence electrons.